The molecule has 1 saturated heterocycles. The van der Waals surface area contributed by atoms with Crippen LogP contribution in [0, 0.1) is 5.82 Å². The van der Waals surface area contributed by atoms with Crippen molar-refractivity contribution in [1.29, 1.82) is 0 Å². The average molecular weight is 306 g/mol. The third kappa shape index (κ3) is 2.87. The van der Waals surface area contributed by atoms with Crippen molar-refractivity contribution in [2.24, 2.45) is 5.73 Å². The van der Waals surface area contributed by atoms with Crippen LogP contribution in [0.1, 0.15) is 17.9 Å². The van der Waals surface area contributed by atoms with Crippen molar-refractivity contribution in [2.75, 3.05) is 11.4 Å². The number of anilines is 1. The molecule has 3 atom stereocenters. The third-order valence-corrected chi connectivity index (χ3v) is 4.56. The maximum Gasteiger partial charge on any atom is 0.129 e. The molecule has 0 spiro atoms. The van der Waals surface area contributed by atoms with Gasteiger partial charge in [-0.3, -0.25) is 0 Å². The molecule has 2 N–H and O–H groups in total. The van der Waals surface area contributed by atoms with E-state index in [2.05, 4.69) is 4.98 Å². The van der Waals surface area contributed by atoms with Gasteiger partial charge in [-0.25, -0.2) is 9.37 Å². The first-order valence-corrected chi connectivity index (χ1v) is 7.43. The molecule has 0 aliphatic carbocycles. The predicted molar refractivity (Wildman–Crippen MR) is 83.0 cm³/mol. The van der Waals surface area contributed by atoms with E-state index in [0.29, 0.717) is 0 Å². The molecule has 3 nitrogen and oxygen atoms in total. The van der Waals surface area contributed by atoms with E-state index in [0.717, 1.165) is 24.3 Å². The van der Waals surface area contributed by atoms with E-state index in [1.165, 1.54) is 12.1 Å². The normalized spacial score (nSPS) is 25.9. The topological polar surface area (TPSA) is 42.1 Å². The van der Waals surface area contributed by atoms with Crippen LogP contribution in [0.4, 0.5) is 10.2 Å². The summed E-state index contributed by atoms with van der Waals surface area (Å²) in [7, 11) is 0. The van der Waals surface area contributed by atoms with E-state index >= 15 is 0 Å². The lowest BCUT2D eigenvalue weighted by Crippen LogP contribution is -2.55. The van der Waals surface area contributed by atoms with Crippen molar-refractivity contribution >= 4 is 17.4 Å². The molecule has 3 rings (SSSR count). The van der Waals surface area contributed by atoms with Crippen LogP contribution >= 0.6 is 11.6 Å². The second-order valence-corrected chi connectivity index (χ2v) is 5.77. The first-order chi connectivity index (χ1) is 10.2. The highest BCUT2D eigenvalue weighted by Crippen LogP contribution is 2.35. The first-order valence-electron chi connectivity index (χ1n) is 6.99. The van der Waals surface area contributed by atoms with E-state index in [9.17, 15) is 4.39 Å². The Hall–Kier alpha value is -1.65. The van der Waals surface area contributed by atoms with Crippen LogP contribution in [0.2, 0.25) is 0 Å². The number of rotatable bonds is 2. The van der Waals surface area contributed by atoms with Gasteiger partial charge >= 0.3 is 0 Å². The summed E-state index contributed by atoms with van der Waals surface area (Å²) in [4.78, 5) is 6.36. The van der Waals surface area contributed by atoms with E-state index in [4.69, 9.17) is 17.3 Å². The predicted octanol–water partition coefficient (Wildman–Crippen LogP) is 3.11. The molecule has 1 aliphatic heterocycles. The standard InChI is InChI=1S/C16H17ClFN3/c17-15-13(11-4-6-12(18)7-5-11)8-10-21(16(15)19)14-3-1-2-9-20-14/h1-7,9,13,15-16H,8,10,19H2. The van der Waals surface area contributed by atoms with Crippen LogP contribution in [0.15, 0.2) is 48.7 Å². The van der Waals surface area contributed by atoms with E-state index < -0.39 is 0 Å². The molecule has 0 amide bonds. The van der Waals surface area contributed by atoms with Crippen LogP contribution < -0.4 is 10.6 Å². The molecule has 1 aliphatic rings. The van der Waals surface area contributed by atoms with Crippen LogP contribution in [0.5, 0.6) is 0 Å². The van der Waals surface area contributed by atoms with Gasteiger partial charge in [-0.2, -0.15) is 0 Å². The molecular weight excluding hydrogens is 289 g/mol. The van der Waals surface area contributed by atoms with E-state index in [-0.39, 0.29) is 23.3 Å². The summed E-state index contributed by atoms with van der Waals surface area (Å²) < 4.78 is 13.0. The zero-order chi connectivity index (χ0) is 14.8. The SMILES string of the molecule is NC1C(Cl)C(c2ccc(F)cc2)CCN1c1ccccn1. The Kier molecular flexibility index (Phi) is 4.08. The van der Waals surface area contributed by atoms with Gasteiger partial charge in [-0.1, -0.05) is 18.2 Å². The van der Waals surface area contributed by atoms with Gasteiger partial charge in [0, 0.05) is 18.7 Å². The number of hydrogen-bond donors (Lipinski definition) is 1. The third-order valence-electron chi connectivity index (χ3n) is 3.99. The van der Waals surface area contributed by atoms with Crippen LogP contribution in [-0.2, 0) is 0 Å². The minimum Gasteiger partial charge on any atom is -0.340 e. The van der Waals surface area contributed by atoms with E-state index in [1.54, 1.807) is 18.3 Å². The van der Waals surface area contributed by atoms with Crippen molar-refractivity contribution in [3.05, 3.63) is 60.0 Å². The minimum atomic E-state index is -0.314. The van der Waals surface area contributed by atoms with Crippen molar-refractivity contribution in [3.63, 3.8) is 0 Å². The van der Waals surface area contributed by atoms with Crippen LogP contribution in [0.3, 0.4) is 0 Å². The van der Waals surface area contributed by atoms with Crippen molar-refractivity contribution in [3.8, 4) is 0 Å². The summed E-state index contributed by atoms with van der Waals surface area (Å²) in [6.07, 6.45) is 2.30. The largest absolute Gasteiger partial charge is 0.340 e. The van der Waals surface area contributed by atoms with Gasteiger partial charge in [0.25, 0.3) is 0 Å². The van der Waals surface area contributed by atoms with Crippen molar-refractivity contribution in [1.82, 2.24) is 4.98 Å². The molecule has 1 fully saturated rings. The Morgan fingerprint density at radius 3 is 2.62 bits per heavy atom. The molecule has 0 radical (unpaired) electrons. The number of piperidine rings is 1. The van der Waals surface area contributed by atoms with Gasteiger partial charge in [0.2, 0.25) is 0 Å². The number of hydrogen-bond acceptors (Lipinski definition) is 3. The van der Waals surface area contributed by atoms with Crippen LogP contribution in [-0.4, -0.2) is 23.1 Å². The Labute approximate surface area is 128 Å². The molecule has 2 heterocycles. The summed E-state index contributed by atoms with van der Waals surface area (Å²) in [6, 6.07) is 12.3. The Balaban J connectivity index is 1.80. The van der Waals surface area contributed by atoms with Gasteiger partial charge in [0.05, 0.1) is 11.5 Å². The number of alkyl halides is 1. The number of benzene rings is 1. The highest BCUT2D eigenvalue weighted by atomic mass is 35.5. The number of nitrogens with zero attached hydrogens (tertiary/aromatic N) is 2. The van der Waals surface area contributed by atoms with Gasteiger partial charge in [0.15, 0.2) is 0 Å². The fourth-order valence-electron chi connectivity index (χ4n) is 2.85. The summed E-state index contributed by atoms with van der Waals surface area (Å²) in [5.41, 5.74) is 7.33. The van der Waals surface area contributed by atoms with Crippen molar-refractivity contribution in [2.45, 2.75) is 23.9 Å². The molecule has 2 aromatic rings. The summed E-state index contributed by atoms with van der Waals surface area (Å²) in [5.74, 6) is 0.732. The summed E-state index contributed by atoms with van der Waals surface area (Å²) in [6.45, 7) is 0.781. The second-order valence-electron chi connectivity index (χ2n) is 5.26. The van der Waals surface area contributed by atoms with E-state index in [1.807, 2.05) is 23.1 Å². The molecule has 0 saturated carbocycles. The number of nitrogens with two attached hydrogens (primary N) is 1. The molecular formula is C16H17ClFN3. The quantitative estimate of drug-likeness (QED) is 0.867. The average Bonchev–Trinajstić information content (AvgIpc) is 2.52. The molecule has 3 unspecified atom stereocenters. The molecule has 5 heteroatoms. The highest BCUT2D eigenvalue weighted by Gasteiger charge is 2.36. The molecule has 110 valence electrons. The smallest absolute Gasteiger partial charge is 0.129 e. The lowest BCUT2D eigenvalue weighted by molar-refractivity contribution is 0.424. The summed E-state index contributed by atoms with van der Waals surface area (Å²) >= 11 is 6.56. The lowest BCUT2D eigenvalue weighted by atomic mass is 9.87. The maximum absolute atomic E-state index is 13.0. The monoisotopic (exact) mass is 305 g/mol. The fraction of sp³-hybridized carbons (Fsp3) is 0.312. The number of pyridine rings is 1. The molecule has 1 aromatic heterocycles. The zero-order valence-corrected chi connectivity index (χ0v) is 12.2. The Morgan fingerprint density at radius 1 is 1.19 bits per heavy atom. The molecule has 1 aromatic carbocycles. The summed E-state index contributed by atoms with van der Waals surface area (Å²) in [5, 5.41) is -0.244. The zero-order valence-electron chi connectivity index (χ0n) is 11.5. The fourth-order valence-corrected chi connectivity index (χ4v) is 3.26. The first kappa shape index (κ1) is 14.3. The molecule has 0 bridgehead atoms. The lowest BCUT2D eigenvalue weighted by Gasteiger charge is -2.41. The van der Waals surface area contributed by atoms with Crippen LogP contribution in [0.25, 0.3) is 0 Å². The second kappa shape index (κ2) is 6.00. The highest BCUT2D eigenvalue weighted by molar-refractivity contribution is 6.22. The number of halogens is 2. The van der Waals surface area contributed by atoms with Gasteiger partial charge in [-0.15, -0.1) is 11.6 Å². The molecule has 21 heavy (non-hydrogen) atoms. The van der Waals surface area contributed by atoms with Gasteiger partial charge in [0.1, 0.15) is 11.6 Å². The van der Waals surface area contributed by atoms with Gasteiger partial charge < -0.3 is 10.6 Å². The van der Waals surface area contributed by atoms with Gasteiger partial charge in [-0.05, 0) is 36.2 Å². The Morgan fingerprint density at radius 2 is 1.95 bits per heavy atom. The maximum atomic E-state index is 13.0. The minimum absolute atomic E-state index is 0.127. The number of aromatic nitrogens is 1. The Bertz CT molecular complexity index is 590. The van der Waals surface area contributed by atoms with Crippen molar-refractivity contribution < 1.29 is 4.39 Å².